The summed E-state index contributed by atoms with van der Waals surface area (Å²) < 4.78 is 19.8. The number of fused-ring (bicyclic) bond motifs is 6. The highest BCUT2D eigenvalue weighted by atomic mass is 16.5. The van der Waals surface area contributed by atoms with Gasteiger partial charge in [0.2, 0.25) is 0 Å². The van der Waals surface area contributed by atoms with Crippen LogP contribution in [0.15, 0.2) is 145 Å². The zero-order valence-corrected chi connectivity index (χ0v) is 28.2. The van der Waals surface area contributed by atoms with Gasteiger partial charge in [0, 0.05) is 46.4 Å². The van der Waals surface area contributed by atoms with Crippen LogP contribution in [0.4, 0.5) is 5.69 Å². The number of hydrogen-bond acceptors (Lipinski definition) is 4. The molecule has 1 unspecified atom stereocenters. The molecule has 50 heavy (non-hydrogen) atoms. The molecule has 246 valence electrons. The fraction of sp³-hybridized carbons (Fsp3) is 0.174. The first kappa shape index (κ1) is 30.5. The maximum atomic E-state index is 7.41. The lowest BCUT2D eigenvalue weighted by atomic mass is 9.81. The Labute approximate surface area is 293 Å². The lowest BCUT2D eigenvalue weighted by Gasteiger charge is -2.38. The summed E-state index contributed by atoms with van der Waals surface area (Å²) in [6.07, 6.45) is 6.79. The first-order valence-corrected chi connectivity index (χ1v) is 17.6. The van der Waals surface area contributed by atoms with Crippen LogP contribution in [0.25, 0.3) is 22.9 Å². The van der Waals surface area contributed by atoms with E-state index in [0.29, 0.717) is 6.61 Å². The maximum absolute atomic E-state index is 7.41. The van der Waals surface area contributed by atoms with Gasteiger partial charge in [0.15, 0.2) is 5.60 Å². The number of anilines is 1. The average Bonchev–Trinajstić information content (AvgIpc) is 3.19. The van der Waals surface area contributed by atoms with Crippen molar-refractivity contribution in [2.24, 2.45) is 0 Å². The summed E-state index contributed by atoms with van der Waals surface area (Å²) >= 11 is 0. The molecule has 1 atom stereocenters. The molecule has 3 aliphatic rings. The molecule has 4 nitrogen and oxygen atoms in total. The number of nitrogens with zero attached hydrogens (tertiary/aromatic N) is 1. The van der Waals surface area contributed by atoms with Crippen molar-refractivity contribution in [3.8, 4) is 5.75 Å². The van der Waals surface area contributed by atoms with Gasteiger partial charge in [-0.3, -0.25) is 0 Å². The second-order valence-electron chi connectivity index (χ2n) is 13.5. The summed E-state index contributed by atoms with van der Waals surface area (Å²) in [4.78, 5) is 2.39. The van der Waals surface area contributed by atoms with Crippen LogP contribution in [0.1, 0.15) is 50.4 Å². The topological polar surface area (TPSA) is 30.9 Å². The highest BCUT2D eigenvalue weighted by Gasteiger charge is 2.39. The van der Waals surface area contributed by atoms with E-state index in [4.69, 9.17) is 14.2 Å². The molecule has 0 bridgehead atoms. The molecular formula is C46H39NO3. The first-order valence-electron chi connectivity index (χ1n) is 17.6. The van der Waals surface area contributed by atoms with Crippen LogP contribution < -0.4 is 9.64 Å². The molecule has 1 fully saturated rings. The third-order valence-electron chi connectivity index (χ3n) is 10.4. The van der Waals surface area contributed by atoms with E-state index in [1.807, 2.05) is 0 Å². The molecule has 4 heteroatoms. The van der Waals surface area contributed by atoms with Crippen LogP contribution in [0.2, 0.25) is 0 Å². The van der Waals surface area contributed by atoms with Gasteiger partial charge in [-0.05, 0) is 53.3 Å². The van der Waals surface area contributed by atoms with Gasteiger partial charge in [-0.15, -0.1) is 0 Å². The zero-order chi connectivity index (χ0) is 33.5. The summed E-state index contributed by atoms with van der Waals surface area (Å²) in [5, 5.41) is 2.28. The largest absolute Gasteiger partial charge is 0.492 e. The molecular weight excluding hydrogens is 615 g/mol. The summed E-state index contributed by atoms with van der Waals surface area (Å²) in [5.41, 5.74) is 9.66. The monoisotopic (exact) mass is 653 g/mol. The molecule has 3 heterocycles. The minimum absolute atomic E-state index is 0.0144. The molecule has 1 saturated heterocycles. The quantitative estimate of drug-likeness (QED) is 0.179. The van der Waals surface area contributed by atoms with Gasteiger partial charge in [-0.1, -0.05) is 133 Å². The summed E-state index contributed by atoms with van der Waals surface area (Å²) in [5.74, 6) is 1.84. The van der Waals surface area contributed by atoms with Gasteiger partial charge in [-0.25, -0.2) is 0 Å². The number of allylic oxidation sites excluding steroid dienone is 1. The van der Waals surface area contributed by atoms with E-state index in [0.717, 1.165) is 65.5 Å². The third-order valence-corrected chi connectivity index (χ3v) is 10.4. The van der Waals surface area contributed by atoms with Crippen molar-refractivity contribution in [2.75, 3.05) is 31.2 Å². The minimum Gasteiger partial charge on any atom is -0.492 e. The SMILES string of the molecule is Cc1ccc2c3c(c4c(c2c1)C=C(C(c1ccccc1)c1ccccc1)OC4)C=CC(c1ccccc1)(c1ccc(N2CCOCC2)cc1)O3. The fourth-order valence-corrected chi connectivity index (χ4v) is 7.89. The number of hydrogen-bond donors (Lipinski definition) is 0. The summed E-state index contributed by atoms with van der Waals surface area (Å²) in [6.45, 7) is 5.95. The number of ether oxygens (including phenoxy) is 3. The van der Waals surface area contributed by atoms with Crippen LogP contribution in [-0.2, 0) is 21.7 Å². The Bertz CT molecular complexity index is 2180. The van der Waals surface area contributed by atoms with Gasteiger partial charge in [0.25, 0.3) is 0 Å². The lowest BCUT2D eigenvalue weighted by Crippen LogP contribution is -2.37. The molecule has 0 N–H and O–H groups in total. The Balaban J connectivity index is 1.20. The zero-order valence-electron chi connectivity index (χ0n) is 28.2. The molecule has 6 aromatic carbocycles. The maximum Gasteiger partial charge on any atom is 0.178 e. The van der Waals surface area contributed by atoms with E-state index in [9.17, 15) is 0 Å². The highest BCUT2D eigenvalue weighted by molar-refractivity contribution is 6.01. The van der Waals surface area contributed by atoms with E-state index in [1.165, 1.54) is 33.3 Å². The lowest BCUT2D eigenvalue weighted by molar-refractivity contribution is 0.122. The van der Waals surface area contributed by atoms with E-state index < -0.39 is 5.60 Å². The Kier molecular flexibility index (Phi) is 7.74. The van der Waals surface area contributed by atoms with E-state index in [1.54, 1.807) is 0 Å². The van der Waals surface area contributed by atoms with Crippen molar-refractivity contribution in [2.45, 2.75) is 25.0 Å². The van der Waals surface area contributed by atoms with Gasteiger partial charge in [-0.2, -0.15) is 0 Å². The summed E-state index contributed by atoms with van der Waals surface area (Å²) in [6, 6.07) is 47.6. The second kappa shape index (κ2) is 12.7. The van der Waals surface area contributed by atoms with Gasteiger partial charge >= 0.3 is 0 Å². The van der Waals surface area contributed by atoms with Crippen molar-refractivity contribution in [3.05, 3.63) is 190 Å². The Morgan fingerprint density at radius 1 is 0.660 bits per heavy atom. The van der Waals surface area contributed by atoms with Crippen molar-refractivity contribution >= 4 is 28.6 Å². The second-order valence-corrected chi connectivity index (χ2v) is 13.5. The predicted octanol–water partition coefficient (Wildman–Crippen LogP) is 10.0. The predicted molar refractivity (Wildman–Crippen MR) is 203 cm³/mol. The molecule has 0 aromatic heterocycles. The van der Waals surface area contributed by atoms with E-state index >= 15 is 0 Å². The normalized spacial score (nSPS) is 18.2. The standard InChI is InChI=1S/C46H39NO3/c1-32-17-22-38-40(29-32)41-30-43(44(33-11-5-2-6-12-33)34-13-7-3-8-14-34)49-31-42(41)39-23-24-46(50-45(38)39,35-15-9-4-10-16-35)36-18-20-37(21-19-36)47-25-27-48-28-26-47/h2-24,29-30,44H,25-28,31H2,1H3. The van der Waals surface area contributed by atoms with Crippen LogP contribution >= 0.6 is 0 Å². The molecule has 6 aromatic rings. The van der Waals surface area contributed by atoms with Gasteiger partial charge in [0.1, 0.15) is 18.1 Å². The number of morpholine rings is 1. The Morgan fingerprint density at radius 2 is 1.30 bits per heavy atom. The molecule has 9 rings (SSSR count). The van der Waals surface area contributed by atoms with Gasteiger partial charge < -0.3 is 19.1 Å². The molecule has 0 aliphatic carbocycles. The molecule has 0 spiro atoms. The first-order chi connectivity index (χ1) is 24.7. The molecule has 3 aliphatic heterocycles. The van der Waals surface area contributed by atoms with Crippen molar-refractivity contribution in [3.63, 3.8) is 0 Å². The smallest absolute Gasteiger partial charge is 0.178 e. The Morgan fingerprint density at radius 3 is 1.98 bits per heavy atom. The van der Waals surface area contributed by atoms with Gasteiger partial charge in [0.05, 0.1) is 19.1 Å². The molecule has 0 saturated carbocycles. The van der Waals surface area contributed by atoms with E-state index in [-0.39, 0.29) is 5.92 Å². The number of benzene rings is 6. The van der Waals surface area contributed by atoms with Crippen LogP contribution in [-0.4, -0.2) is 26.3 Å². The van der Waals surface area contributed by atoms with Crippen LogP contribution in [0.3, 0.4) is 0 Å². The number of rotatable bonds is 6. The average molecular weight is 654 g/mol. The summed E-state index contributed by atoms with van der Waals surface area (Å²) in [7, 11) is 0. The molecule has 0 amide bonds. The molecule has 0 radical (unpaired) electrons. The van der Waals surface area contributed by atoms with Crippen molar-refractivity contribution in [1.82, 2.24) is 0 Å². The number of aryl methyl sites for hydroxylation is 1. The third kappa shape index (κ3) is 5.28. The Hall–Kier alpha value is -5.58. The van der Waals surface area contributed by atoms with E-state index in [2.05, 4.69) is 164 Å². The van der Waals surface area contributed by atoms with Crippen LogP contribution in [0, 0.1) is 6.92 Å². The minimum atomic E-state index is -0.800. The van der Waals surface area contributed by atoms with Crippen molar-refractivity contribution < 1.29 is 14.2 Å². The fourth-order valence-electron chi connectivity index (χ4n) is 7.89. The van der Waals surface area contributed by atoms with Crippen LogP contribution in [0.5, 0.6) is 5.75 Å². The highest BCUT2D eigenvalue weighted by Crippen LogP contribution is 2.50. The van der Waals surface area contributed by atoms with Crippen molar-refractivity contribution in [1.29, 1.82) is 0 Å².